The van der Waals surface area contributed by atoms with Gasteiger partial charge in [-0.15, -0.1) is 0 Å². The van der Waals surface area contributed by atoms with E-state index in [2.05, 4.69) is 19.2 Å². The van der Waals surface area contributed by atoms with Crippen LogP contribution in [-0.4, -0.2) is 18.6 Å². The molecule has 2 heteroatoms. The Morgan fingerprint density at radius 2 is 1.53 bits per heavy atom. The Balaban J connectivity index is 1.67. The van der Waals surface area contributed by atoms with E-state index < -0.39 is 0 Å². The van der Waals surface area contributed by atoms with Gasteiger partial charge in [0.05, 0.1) is 0 Å². The summed E-state index contributed by atoms with van der Waals surface area (Å²) in [6, 6.07) is 1.32. The lowest BCUT2D eigenvalue weighted by Gasteiger charge is -2.55. The summed E-state index contributed by atoms with van der Waals surface area (Å²) >= 11 is 0. The molecule has 2 nitrogen and oxygen atoms in total. The third kappa shape index (κ3) is 2.15. The van der Waals surface area contributed by atoms with Crippen molar-refractivity contribution in [2.24, 2.45) is 35.3 Å². The molecule has 0 amide bonds. The third-order valence-corrected chi connectivity index (χ3v) is 5.69. The van der Waals surface area contributed by atoms with E-state index in [0.29, 0.717) is 12.0 Å². The minimum atomic E-state index is 0.525. The summed E-state index contributed by atoms with van der Waals surface area (Å²) in [6.07, 6.45) is 7.55. The van der Waals surface area contributed by atoms with E-state index in [1.165, 1.54) is 25.7 Å². The van der Waals surface area contributed by atoms with Crippen molar-refractivity contribution < 1.29 is 0 Å². The third-order valence-electron chi connectivity index (χ3n) is 5.69. The van der Waals surface area contributed by atoms with Gasteiger partial charge in [0, 0.05) is 18.6 Å². The van der Waals surface area contributed by atoms with Crippen molar-refractivity contribution in [1.29, 1.82) is 0 Å². The number of nitrogens with two attached hydrogens (primary N) is 1. The molecule has 4 aliphatic carbocycles. The van der Waals surface area contributed by atoms with Gasteiger partial charge in [-0.2, -0.15) is 0 Å². The molecule has 0 radical (unpaired) electrons. The molecule has 0 saturated heterocycles. The first-order chi connectivity index (χ1) is 8.17. The first-order valence-electron chi connectivity index (χ1n) is 7.63. The van der Waals surface area contributed by atoms with E-state index in [4.69, 9.17) is 5.73 Å². The van der Waals surface area contributed by atoms with Gasteiger partial charge < -0.3 is 11.1 Å². The van der Waals surface area contributed by atoms with Gasteiger partial charge in [-0.3, -0.25) is 0 Å². The van der Waals surface area contributed by atoms with Crippen LogP contribution in [-0.2, 0) is 0 Å². The zero-order chi connectivity index (χ0) is 12.0. The van der Waals surface area contributed by atoms with Crippen molar-refractivity contribution in [3.8, 4) is 0 Å². The first kappa shape index (κ1) is 12.0. The second-order valence-corrected chi connectivity index (χ2v) is 7.21. The molecule has 0 heterocycles. The normalized spacial score (nSPS) is 45.5. The van der Waals surface area contributed by atoms with E-state index in [0.717, 1.165) is 36.3 Å². The molecular weight excluding hydrogens is 208 g/mol. The van der Waals surface area contributed by atoms with Gasteiger partial charge in [0.25, 0.3) is 0 Å². The van der Waals surface area contributed by atoms with Crippen molar-refractivity contribution >= 4 is 0 Å². The fourth-order valence-corrected chi connectivity index (χ4v) is 4.98. The number of nitrogens with one attached hydrogen (secondary N) is 1. The van der Waals surface area contributed by atoms with Gasteiger partial charge in [-0.25, -0.2) is 0 Å². The summed E-state index contributed by atoms with van der Waals surface area (Å²) in [4.78, 5) is 0. The zero-order valence-electron chi connectivity index (χ0n) is 11.4. The van der Waals surface area contributed by atoms with Crippen molar-refractivity contribution in [3.05, 3.63) is 0 Å². The quantitative estimate of drug-likeness (QED) is 0.786. The summed E-state index contributed by atoms with van der Waals surface area (Å²) in [5, 5.41) is 3.92. The highest BCUT2D eigenvalue weighted by Gasteiger charge is 2.48. The fourth-order valence-electron chi connectivity index (χ4n) is 4.98. The lowest BCUT2D eigenvalue weighted by atomic mass is 9.54. The topological polar surface area (TPSA) is 38.0 Å². The summed E-state index contributed by atoms with van der Waals surface area (Å²) < 4.78 is 0. The maximum Gasteiger partial charge on any atom is 0.0216 e. The molecule has 4 bridgehead atoms. The molecule has 0 aliphatic heterocycles. The Morgan fingerprint density at radius 1 is 1.00 bits per heavy atom. The molecule has 4 rings (SSSR count). The average molecular weight is 236 g/mol. The molecule has 0 aromatic rings. The molecule has 4 aliphatic rings. The Kier molecular flexibility index (Phi) is 3.20. The van der Waals surface area contributed by atoms with Crippen LogP contribution in [0.1, 0.15) is 46.0 Å². The molecular formula is C15H28N2. The fraction of sp³-hybridized carbons (Fsp3) is 1.00. The summed E-state index contributed by atoms with van der Waals surface area (Å²) in [5.74, 6) is 4.76. The van der Waals surface area contributed by atoms with E-state index >= 15 is 0 Å². The SMILES string of the molecule is CC(C)C(CN)NC1C2CC3CC(C2)CC1C3. The maximum absolute atomic E-state index is 5.91. The van der Waals surface area contributed by atoms with Crippen LogP contribution in [0.25, 0.3) is 0 Å². The largest absolute Gasteiger partial charge is 0.329 e. The van der Waals surface area contributed by atoms with Crippen LogP contribution in [0.5, 0.6) is 0 Å². The van der Waals surface area contributed by atoms with Gasteiger partial charge in [0.15, 0.2) is 0 Å². The van der Waals surface area contributed by atoms with E-state index in [1.807, 2.05) is 0 Å². The molecule has 0 aromatic carbocycles. The smallest absolute Gasteiger partial charge is 0.0216 e. The van der Waals surface area contributed by atoms with Gasteiger partial charge >= 0.3 is 0 Å². The number of hydrogen-bond donors (Lipinski definition) is 2. The lowest BCUT2D eigenvalue weighted by molar-refractivity contribution is -0.0192. The number of hydrogen-bond acceptors (Lipinski definition) is 2. The van der Waals surface area contributed by atoms with E-state index in [1.54, 1.807) is 6.42 Å². The van der Waals surface area contributed by atoms with Gasteiger partial charge in [0.2, 0.25) is 0 Å². The summed E-state index contributed by atoms with van der Waals surface area (Å²) in [5.41, 5.74) is 5.91. The van der Waals surface area contributed by atoms with Crippen LogP contribution in [0.3, 0.4) is 0 Å². The molecule has 4 fully saturated rings. The molecule has 3 N–H and O–H groups in total. The van der Waals surface area contributed by atoms with Crippen LogP contribution in [0.2, 0.25) is 0 Å². The molecule has 1 unspecified atom stereocenters. The van der Waals surface area contributed by atoms with Crippen LogP contribution in [0.15, 0.2) is 0 Å². The van der Waals surface area contributed by atoms with Crippen molar-refractivity contribution in [1.82, 2.24) is 5.32 Å². The standard InChI is InChI=1S/C15H28N2/c1-9(2)14(8-16)17-15-12-4-10-3-11(6-12)7-13(15)5-10/h9-15,17H,3-8,16H2,1-2H3. The summed E-state index contributed by atoms with van der Waals surface area (Å²) in [6.45, 7) is 5.38. The molecule has 98 valence electrons. The van der Waals surface area contributed by atoms with Crippen LogP contribution >= 0.6 is 0 Å². The predicted octanol–water partition coefficient (Wildman–Crippen LogP) is 2.38. The number of rotatable bonds is 4. The van der Waals surface area contributed by atoms with Crippen molar-refractivity contribution in [3.63, 3.8) is 0 Å². The Bertz CT molecular complexity index is 246. The molecule has 0 spiro atoms. The summed E-state index contributed by atoms with van der Waals surface area (Å²) in [7, 11) is 0. The average Bonchev–Trinajstić information content (AvgIpc) is 2.27. The Labute approximate surface area is 106 Å². The molecule has 4 saturated carbocycles. The van der Waals surface area contributed by atoms with E-state index in [-0.39, 0.29) is 0 Å². The highest BCUT2D eigenvalue weighted by atomic mass is 15.0. The maximum atomic E-state index is 5.91. The van der Waals surface area contributed by atoms with Crippen LogP contribution < -0.4 is 11.1 Å². The predicted molar refractivity (Wildman–Crippen MR) is 71.6 cm³/mol. The lowest BCUT2D eigenvalue weighted by Crippen LogP contribution is -2.58. The highest BCUT2D eigenvalue weighted by molar-refractivity contribution is 5.02. The van der Waals surface area contributed by atoms with Gasteiger partial charge in [-0.1, -0.05) is 13.8 Å². The molecule has 0 aromatic heterocycles. The zero-order valence-corrected chi connectivity index (χ0v) is 11.4. The first-order valence-corrected chi connectivity index (χ1v) is 7.63. The highest BCUT2D eigenvalue weighted by Crippen LogP contribution is 2.53. The van der Waals surface area contributed by atoms with Crippen LogP contribution in [0.4, 0.5) is 0 Å². The van der Waals surface area contributed by atoms with Crippen molar-refractivity contribution in [2.75, 3.05) is 6.54 Å². The van der Waals surface area contributed by atoms with Crippen LogP contribution in [0, 0.1) is 29.6 Å². The second kappa shape index (κ2) is 4.55. The Morgan fingerprint density at radius 3 is 1.94 bits per heavy atom. The minimum Gasteiger partial charge on any atom is -0.329 e. The van der Waals surface area contributed by atoms with Gasteiger partial charge in [-0.05, 0) is 61.7 Å². The molecule has 1 atom stereocenters. The van der Waals surface area contributed by atoms with E-state index in [9.17, 15) is 0 Å². The minimum absolute atomic E-state index is 0.525. The Hall–Kier alpha value is -0.0800. The monoisotopic (exact) mass is 236 g/mol. The second-order valence-electron chi connectivity index (χ2n) is 7.21. The molecule has 17 heavy (non-hydrogen) atoms. The van der Waals surface area contributed by atoms with Gasteiger partial charge in [0.1, 0.15) is 0 Å². The van der Waals surface area contributed by atoms with Crippen molar-refractivity contribution in [2.45, 2.75) is 58.0 Å².